The zero-order valence-electron chi connectivity index (χ0n) is 25.0. The highest BCUT2D eigenvalue weighted by molar-refractivity contribution is 5.99. The predicted molar refractivity (Wildman–Crippen MR) is 157 cm³/mol. The van der Waals surface area contributed by atoms with Crippen molar-refractivity contribution in [2.45, 2.75) is 53.4 Å². The van der Waals surface area contributed by atoms with E-state index in [0.29, 0.717) is 26.2 Å². The minimum Gasteiger partial charge on any atom is -0.478 e. The number of esters is 1. The van der Waals surface area contributed by atoms with Crippen molar-refractivity contribution in [3.63, 3.8) is 0 Å². The number of rotatable bonds is 14. The number of carbonyl (C=O) groups excluding carboxylic acids is 3. The number of hydrogen-bond acceptors (Lipinski definition) is 9. The van der Waals surface area contributed by atoms with Gasteiger partial charge >= 0.3 is 11.9 Å². The number of methoxy groups -OCH3 is 1. The molecule has 0 fully saturated rings. The molecule has 0 unspecified atom stereocenters. The van der Waals surface area contributed by atoms with Gasteiger partial charge in [0.2, 0.25) is 0 Å². The molecule has 2 aromatic carbocycles. The SMILES string of the molecule is CCCN(CCC)C(=O)c1cc(C(=O)O)cc([N+](=O)[O-])c1.CCCN(CCC)C(=O)c1cc(C(=O)OC)cc([N+](=O)[O-])c1. The first-order valence-corrected chi connectivity index (χ1v) is 13.8. The van der Waals surface area contributed by atoms with Crippen molar-refractivity contribution in [3.05, 3.63) is 78.9 Å². The second-order valence-electron chi connectivity index (χ2n) is 9.43. The zero-order chi connectivity index (χ0) is 32.7. The van der Waals surface area contributed by atoms with Gasteiger partial charge in [-0.3, -0.25) is 29.8 Å². The molecule has 0 saturated heterocycles. The maximum absolute atomic E-state index is 12.5. The number of carboxylic acids is 1. The van der Waals surface area contributed by atoms with Crippen LogP contribution in [0, 0.1) is 20.2 Å². The lowest BCUT2D eigenvalue weighted by Gasteiger charge is -2.21. The molecule has 43 heavy (non-hydrogen) atoms. The number of carboxylic acid groups (broad SMARTS) is 1. The third-order valence-corrected chi connectivity index (χ3v) is 5.97. The molecular formula is C29H38N4O10. The van der Waals surface area contributed by atoms with E-state index in [1.807, 2.05) is 27.7 Å². The summed E-state index contributed by atoms with van der Waals surface area (Å²) in [6, 6.07) is 6.87. The Morgan fingerprint density at radius 2 is 0.977 bits per heavy atom. The fraction of sp³-hybridized carbons (Fsp3) is 0.448. The van der Waals surface area contributed by atoms with E-state index in [9.17, 15) is 39.4 Å². The molecule has 0 bridgehead atoms. The third kappa shape index (κ3) is 10.8. The Hall–Kier alpha value is -4.88. The molecule has 0 spiro atoms. The average molecular weight is 603 g/mol. The summed E-state index contributed by atoms with van der Waals surface area (Å²) in [7, 11) is 1.18. The number of aromatic carboxylic acids is 1. The molecule has 2 aromatic rings. The molecule has 234 valence electrons. The molecule has 0 atom stereocenters. The van der Waals surface area contributed by atoms with E-state index < -0.39 is 27.5 Å². The summed E-state index contributed by atoms with van der Waals surface area (Å²) in [5.74, 6) is -2.72. The van der Waals surface area contributed by atoms with Gasteiger partial charge in [-0.25, -0.2) is 9.59 Å². The maximum atomic E-state index is 12.5. The van der Waals surface area contributed by atoms with Crippen LogP contribution in [-0.4, -0.2) is 81.8 Å². The van der Waals surface area contributed by atoms with E-state index >= 15 is 0 Å². The molecule has 14 nitrogen and oxygen atoms in total. The average Bonchev–Trinajstić information content (AvgIpc) is 2.99. The number of benzene rings is 2. The molecule has 14 heteroatoms. The summed E-state index contributed by atoms with van der Waals surface area (Å²) in [4.78, 5) is 71.3. The Labute approximate surface area is 249 Å². The summed E-state index contributed by atoms with van der Waals surface area (Å²) >= 11 is 0. The van der Waals surface area contributed by atoms with Crippen LogP contribution in [0.25, 0.3) is 0 Å². The van der Waals surface area contributed by atoms with E-state index in [-0.39, 0.29) is 39.8 Å². The summed E-state index contributed by atoms with van der Waals surface area (Å²) < 4.78 is 4.57. The van der Waals surface area contributed by atoms with E-state index in [1.54, 1.807) is 9.80 Å². The minimum absolute atomic E-state index is 0.00648. The van der Waals surface area contributed by atoms with Gasteiger partial charge in [0.25, 0.3) is 23.2 Å². The first-order valence-electron chi connectivity index (χ1n) is 13.8. The summed E-state index contributed by atoms with van der Waals surface area (Å²) in [5.41, 5.74) is -0.820. The standard InChI is InChI=1S/C15H20N2O5.C14H18N2O5/c1-4-6-16(7-5-2)14(18)11-8-12(15(19)22-3)10-13(9-11)17(20)21;1-3-5-15(6-4-2)13(17)10-7-11(14(18)19)9-12(8-10)16(20)21/h8-10H,4-7H2,1-3H3;7-9H,3-6H2,1-2H3,(H,18,19). The first kappa shape index (κ1) is 36.1. The van der Waals surface area contributed by atoms with E-state index in [1.165, 1.54) is 25.3 Å². The van der Waals surface area contributed by atoms with Crippen LogP contribution in [0.4, 0.5) is 11.4 Å². The smallest absolute Gasteiger partial charge is 0.338 e. The Morgan fingerprint density at radius 3 is 1.28 bits per heavy atom. The van der Waals surface area contributed by atoms with Crippen LogP contribution in [0.2, 0.25) is 0 Å². The molecule has 0 radical (unpaired) electrons. The largest absolute Gasteiger partial charge is 0.478 e. The normalized spacial score (nSPS) is 10.2. The number of ether oxygens (including phenoxy) is 1. The van der Waals surface area contributed by atoms with Gasteiger partial charge < -0.3 is 19.6 Å². The Morgan fingerprint density at radius 1 is 0.651 bits per heavy atom. The number of carbonyl (C=O) groups is 4. The molecule has 0 heterocycles. The van der Waals surface area contributed by atoms with Gasteiger partial charge in [0, 0.05) is 61.6 Å². The molecule has 2 amide bonds. The van der Waals surface area contributed by atoms with Gasteiger partial charge in [-0.1, -0.05) is 27.7 Å². The number of nitro groups is 2. The lowest BCUT2D eigenvalue weighted by Crippen LogP contribution is -2.32. The van der Waals surface area contributed by atoms with Crippen LogP contribution >= 0.6 is 0 Å². The summed E-state index contributed by atoms with van der Waals surface area (Å²) in [5, 5.41) is 30.8. The van der Waals surface area contributed by atoms with E-state index in [0.717, 1.165) is 43.9 Å². The van der Waals surface area contributed by atoms with Crippen molar-refractivity contribution in [2.75, 3.05) is 33.3 Å². The van der Waals surface area contributed by atoms with E-state index in [4.69, 9.17) is 5.11 Å². The third-order valence-electron chi connectivity index (χ3n) is 5.97. The molecule has 0 aliphatic heterocycles. The minimum atomic E-state index is -1.30. The summed E-state index contributed by atoms with van der Waals surface area (Å²) in [6.07, 6.45) is 3.08. The molecule has 0 aromatic heterocycles. The summed E-state index contributed by atoms with van der Waals surface area (Å²) in [6.45, 7) is 9.91. The highest BCUT2D eigenvalue weighted by Crippen LogP contribution is 2.21. The van der Waals surface area contributed by atoms with Crippen molar-refractivity contribution < 1.29 is 38.9 Å². The van der Waals surface area contributed by atoms with Crippen molar-refractivity contribution in [1.29, 1.82) is 0 Å². The Kier molecular flexibility index (Phi) is 15.0. The highest BCUT2D eigenvalue weighted by Gasteiger charge is 2.22. The number of hydrogen-bond donors (Lipinski definition) is 1. The van der Waals surface area contributed by atoms with Crippen molar-refractivity contribution in [3.8, 4) is 0 Å². The van der Waals surface area contributed by atoms with E-state index in [2.05, 4.69) is 4.74 Å². The second-order valence-corrected chi connectivity index (χ2v) is 9.43. The van der Waals surface area contributed by atoms with Gasteiger partial charge in [0.15, 0.2) is 0 Å². The lowest BCUT2D eigenvalue weighted by molar-refractivity contribution is -0.385. The molecule has 1 N–H and O–H groups in total. The number of amides is 2. The maximum Gasteiger partial charge on any atom is 0.338 e. The monoisotopic (exact) mass is 602 g/mol. The van der Waals surface area contributed by atoms with Gasteiger partial charge in [-0.2, -0.15) is 0 Å². The van der Waals surface area contributed by atoms with Gasteiger partial charge in [0.1, 0.15) is 0 Å². The molecule has 2 rings (SSSR count). The van der Waals surface area contributed by atoms with Gasteiger partial charge in [0.05, 0.1) is 28.1 Å². The molecule has 0 aliphatic rings. The first-order chi connectivity index (χ1) is 20.3. The van der Waals surface area contributed by atoms with Crippen LogP contribution in [-0.2, 0) is 4.74 Å². The van der Waals surface area contributed by atoms with Crippen LogP contribution in [0.3, 0.4) is 0 Å². The van der Waals surface area contributed by atoms with Crippen molar-refractivity contribution in [2.24, 2.45) is 0 Å². The Balaban J connectivity index is 0.000000430. The highest BCUT2D eigenvalue weighted by atomic mass is 16.6. The van der Waals surface area contributed by atoms with Crippen LogP contribution in [0.15, 0.2) is 36.4 Å². The molecule has 0 aliphatic carbocycles. The van der Waals surface area contributed by atoms with Crippen molar-refractivity contribution >= 4 is 35.1 Å². The van der Waals surface area contributed by atoms with Crippen LogP contribution in [0.5, 0.6) is 0 Å². The van der Waals surface area contributed by atoms with Gasteiger partial charge in [-0.15, -0.1) is 0 Å². The zero-order valence-corrected chi connectivity index (χ0v) is 25.0. The second kappa shape index (κ2) is 17.8. The van der Waals surface area contributed by atoms with Crippen molar-refractivity contribution in [1.82, 2.24) is 9.80 Å². The van der Waals surface area contributed by atoms with Crippen LogP contribution < -0.4 is 0 Å². The fourth-order valence-electron chi connectivity index (χ4n) is 4.11. The predicted octanol–water partition coefficient (Wildman–Crippen LogP) is 5.20. The van der Waals surface area contributed by atoms with Gasteiger partial charge in [-0.05, 0) is 37.8 Å². The number of nitrogens with zero attached hydrogens (tertiary/aromatic N) is 4. The molecule has 0 saturated carbocycles. The topological polar surface area (TPSA) is 190 Å². The van der Waals surface area contributed by atoms with Crippen LogP contribution in [0.1, 0.15) is 94.8 Å². The molecular weight excluding hydrogens is 564 g/mol. The lowest BCUT2D eigenvalue weighted by atomic mass is 10.1. The quantitative estimate of drug-likeness (QED) is 0.171. The fourth-order valence-corrected chi connectivity index (χ4v) is 4.11. The number of nitro benzene ring substituents is 2. The Bertz CT molecular complexity index is 1280. The number of non-ortho nitro benzene ring substituents is 2.